The van der Waals surface area contributed by atoms with Gasteiger partial charge < -0.3 is 24.5 Å². The molecule has 0 radical (unpaired) electrons. The highest BCUT2D eigenvalue weighted by molar-refractivity contribution is 5.68. The molecule has 2 aliphatic heterocycles. The molecule has 2 N–H and O–H groups in total. The van der Waals surface area contributed by atoms with Gasteiger partial charge in [0.1, 0.15) is 11.6 Å². The molecular weight excluding hydrogens is 526 g/mol. The molecule has 0 saturated heterocycles. The van der Waals surface area contributed by atoms with Crippen molar-refractivity contribution in [1.82, 2.24) is 39.7 Å². The number of halogens is 2. The van der Waals surface area contributed by atoms with Crippen LogP contribution < -0.4 is 15.4 Å². The minimum absolute atomic E-state index is 0.00483. The number of pyridine rings is 2. The summed E-state index contributed by atoms with van der Waals surface area (Å²) >= 11 is 0. The van der Waals surface area contributed by atoms with Gasteiger partial charge in [0.05, 0.1) is 40.1 Å². The van der Waals surface area contributed by atoms with E-state index in [1.807, 2.05) is 38.2 Å². The summed E-state index contributed by atoms with van der Waals surface area (Å²) in [6, 6.07) is 8.04. The van der Waals surface area contributed by atoms with E-state index in [4.69, 9.17) is 14.7 Å². The average Bonchev–Trinajstić information content (AvgIpc) is 3.45. The normalized spacial score (nSPS) is 18.6. The zero-order chi connectivity index (χ0) is 28.8. The first-order chi connectivity index (χ1) is 19.7. The lowest BCUT2D eigenvalue weighted by Gasteiger charge is -2.28. The molecular formula is C30H36F2N8O. The number of fused-ring (bicyclic) bond motifs is 2. The lowest BCUT2D eigenvalue weighted by Crippen LogP contribution is -2.36. The predicted octanol–water partition coefficient (Wildman–Crippen LogP) is 4.92. The first-order valence-electron chi connectivity index (χ1n) is 14.2. The Morgan fingerprint density at radius 3 is 2.56 bits per heavy atom. The van der Waals surface area contributed by atoms with Crippen LogP contribution >= 0.6 is 0 Å². The van der Waals surface area contributed by atoms with Gasteiger partial charge in [0.25, 0.3) is 0 Å². The smallest absolute Gasteiger partial charge is 0.388 e. The Kier molecular flexibility index (Phi) is 7.33. The molecule has 4 aromatic heterocycles. The molecule has 6 heterocycles. The average molecular weight is 563 g/mol. The van der Waals surface area contributed by atoms with Crippen molar-refractivity contribution in [3.63, 3.8) is 0 Å². The number of imidazole rings is 2. The van der Waals surface area contributed by atoms with Crippen LogP contribution in [0.5, 0.6) is 5.88 Å². The van der Waals surface area contributed by atoms with Crippen LogP contribution in [0, 0.1) is 13.8 Å². The molecule has 41 heavy (non-hydrogen) atoms. The summed E-state index contributed by atoms with van der Waals surface area (Å²) in [4.78, 5) is 19.0. The van der Waals surface area contributed by atoms with Gasteiger partial charge >= 0.3 is 6.61 Å². The van der Waals surface area contributed by atoms with E-state index in [0.717, 1.165) is 46.5 Å². The van der Waals surface area contributed by atoms with E-state index in [1.54, 1.807) is 0 Å². The minimum Gasteiger partial charge on any atom is -0.416 e. The zero-order valence-corrected chi connectivity index (χ0v) is 24.1. The fourth-order valence-electron chi connectivity index (χ4n) is 6.19. The molecule has 0 aromatic carbocycles. The Balaban J connectivity index is 1.35. The molecule has 0 aliphatic carbocycles. The number of nitrogens with one attached hydrogen (secondary N) is 2. The standard InChI is InChI=1S/C30H36F2N8O/c1-16(2)26-22(7-6-10-34-26)27-25-13-33-12-21(40(25)19(5)37-27)11-20-8-9-23(29(38-20)41-30(31)32)28-24-14-35-17(3)15-39(24)18(4)36-28/h6-10,16-17,21,30,33,35H,11-15H2,1-5H3. The number of ether oxygens (including phenoxy) is 1. The molecule has 0 amide bonds. The van der Waals surface area contributed by atoms with Gasteiger partial charge in [-0.2, -0.15) is 8.78 Å². The highest BCUT2D eigenvalue weighted by Gasteiger charge is 2.29. The van der Waals surface area contributed by atoms with E-state index in [-0.39, 0.29) is 17.8 Å². The van der Waals surface area contributed by atoms with Gasteiger partial charge in [-0.05, 0) is 51.0 Å². The van der Waals surface area contributed by atoms with E-state index >= 15 is 0 Å². The maximum absolute atomic E-state index is 13.6. The SMILES string of the molecule is Cc1nc(-c2ccc(CC3CNCc4c(-c5cccnc5C(C)C)nc(C)n43)nc2OC(F)F)c2n1CC(C)NC2. The van der Waals surface area contributed by atoms with Gasteiger partial charge in [0.2, 0.25) is 5.88 Å². The Morgan fingerprint density at radius 2 is 1.78 bits per heavy atom. The number of nitrogens with zero attached hydrogens (tertiary/aromatic N) is 6. The Morgan fingerprint density at radius 1 is 1.00 bits per heavy atom. The van der Waals surface area contributed by atoms with Crippen LogP contribution in [0.3, 0.4) is 0 Å². The lowest BCUT2D eigenvalue weighted by molar-refractivity contribution is -0.0525. The third-order valence-corrected chi connectivity index (χ3v) is 8.02. The van der Waals surface area contributed by atoms with Crippen molar-refractivity contribution in [3.05, 3.63) is 64.9 Å². The Labute approximate surface area is 238 Å². The second-order valence-electron chi connectivity index (χ2n) is 11.3. The third kappa shape index (κ3) is 5.12. The van der Waals surface area contributed by atoms with E-state index in [9.17, 15) is 8.78 Å². The van der Waals surface area contributed by atoms with Gasteiger partial charge in [-0.3, -0.25) is 4.98 Å². The van der Waals surface area contributed by atoms with E-state index in [2.05, 4.69) is 56.6 Å². The lowest BCUT2D eigenvalue weighted by atomic mass is 9.99. The fraction of sp³-hybridized carbons (Fsp3) is 0.467. The van der Waals surface area contributed by atoms with Crippen molar-refractivity contribution < 1.29 is 13.5 Å². The summed E-state index contributed by atoms with van der Waals surface area (Å²) < 4.78 is 36.5. The highest BCUT2D eigenvalue weighted by atomic mass is 19.3. The molecule has 2 aliphatic rings. The van der Waals surface area contributed by atoms with E-state index in [0.29, 0.717) is 49.0 Å². The van der Waals surface area contributed by atoms with Crippen LogP contribution in [-0.2, 0) is 26.1 Å². The summed E-state index contributed by atoms with van der Waals surface area (Å²) in [5.41, 5.74) is 6.81. The molecule has 0 fully saturated rings. The molecule has 0 spiro atoms. The maximum Gasteiger partial charge on any atom is 0.388 e. The van der Waals surface area contributed by atoms with Crippen LogP contribution in [0.15, 0.2) is 30.5 Å². The van der Waals surface area contributed by atoms with Crippen molar-refractivity contribution in [2.45, 2.75) is 85.3 Å². The molecule has 4 aromatic rings. The molecule has 2 atom stereocenters. The molecule has 2 unspecified atom stereocenters. The van der Waals surface area contributed by atoms with Crippen LogP contribution in [0.25, 0.3) is 22.5 Å². The second kappa shape index (κ2) is 10.9. The van der Waals surface area contributed by atoms with Crippen molar-refractivity contribution in [1.29, 1.82) is 0 Å². The summed E-state index contributed by atoms with van der Waals surface area (Å²) in [6.45, 7) is 10.1. The zero-order valence-electron chi connectivity index (χ0n) is 24.1. The Hall–Kier alpha value is -3.70. The number of hydrogen-bond acceptors (Lipinski definition) is 7. The van der Waals surface area contributed by atoms with Crippen LogP contribution in [0.1, 0.15) is 67.2 Å². The molecule has 11 heteroatoms. The molecule has 6 rings (SSSR count). The maximum atomic E-state index is 13.6. The van der Waals surface area contributed by atoms with E-state index < -0.39 is 6.61 Å². The van der Waals surface area contributed by atoms with Crippen LogP contribution in [-0.4, -0.2) is 48.3 Å². The fourth-order valence-corrected chi connectivity index (χ4v) is 6.19. The quantitative estimate of drug-likeness (QED) is 0.330. The van der Waals surface area contributed by atoms with Crippen molar-refractivity contribution in [2.75, 3.05) is 6.54 Å². The second-order valence-corrected chi connectivity index (χ2v) is 11.3. The molecule has 0 saturated carbocycles. The number of alkyl halides is 2. The number of hydrogen-bond donors (Lipinski definition) is 2. The van der Waals surface area contributed by atoms with Crippen molar-refractivity contribution in [2.24, 2.45) is 0 Å². The molecule has 216 valence electrons. The Bertz CT molecular complexity index is 1580. The third-order valence-electron chi connectivity index (χ3n) is 8.02. The van der Waals surface area contributed by atoms with Gasteiger partial charge in [-0.25, -0.2) is 15.0 Å². The van der Waals surface area contributed by atoms with Crippen molar-refractivity contribution >= 4 is 0 Å². The predicted molar refractivity (Wildman–Crippen MR) is 152 cm³/mol. The van der Waals surface area contributed by atoms with Crippen molar-refractivity contribution in [3.8, 4) is 28.4 Å². The highest BCUT2D eigenvalue weighted by Crippen LogP contribution is 2.36. The summed E-state index contributed by atoms with van der Waals surface area (Å²) in [5, 5.41) is 6.96. The largest absolute Gasteiger partial charge is 0.416 e. The molecule has 9 nitrogen and oxygen atoms in total. The number of aromatic nitrogens is 6. The number of rotatable bonds is 7. The first-order valence-corrected chi connectivity index (χ1v) is 14.2. The van der Waals surface area contributed by atoms with Gasteiger partial charge in [-0.1, -0.05) is 13.8 Å². The summed E-state index contributed by atoms with van der Waals surface area (Å²) in [5.74, 6) is 1.91. The monoisotopic (exact) mass is 562 g/mol. The summed E-state index contributed by atoms with van der Waals surface area (Å²) in [6.07, 6.45) is 2.35. The molecule has 0 bridgehead atoms. The number of aryl methyl sites for hydroxylation is 2. The van der Waals surface area contributed by atoms with E-state index in [1.165, 1.54) is 0 Å². The summed E-state index contributed by atoms with van der Waals surface area (Å²) in [7, 11) is 0. The minimum atomic E-state index is -3.00. The topological polar surface area (TPSA) is 94.7 Å². The van der Waals surface area contributed by atoms with Crippen LogP contribution in [0.2, 0.25) is 0 Å². The van der Waals surface area contributed by atoms with Crippen LogP contribution in [0.4, 0.5) is 8.78 Å². The van der Waals surface area contributed by atoms with Gasteiger partial charge in [-0.15, -0.1) is 0 Å². The van der Waals surface area contributed by atoms with Gasteiger partial charge in [0, 0.05) is 56.1 Å². The van der Waals surface area contributed by atoms with Gasteiger partial charge in [0.15, 0.2) is 0 Å². The first kappa shape index (κ1) is 27.5.